The number of rotatable bonds is 3. The highest BCUT2D eigenvalue weighted by Gasteiger charge is 2.10. The zero-order valence-electron chi connectivity index (χ0n) is 8.70. The van der Waals surface area contributed by atoms with Crippen LogP contribution < -0.4 is 0 Å². The lowest BCUT2D eigenvalue weighted by atomic mass is 10.1. The summed E-state index contributed by atoms with van der Waals surface area (Å²) in [5.74, 6) is 0.240. The van der Waals surface area contributed by atoms with Crippen LogP contribution in [0.1, 0.15) is 10.6 Å². The summed E-state index contributed by atoms with van der Waals surface area (Å²) in [5, 5.41) is 9.40. The van der Waals surface area contributed by atoms with Crippen LogP contribution in [0.25, 0.3) is 10.6 Å². The van der Waals surface area contributed by atoms with Crippen LogP contribution in [-0.2, 0) is 6.42 Å². The SMILES string of the molecule is Cc1ccc(F)c(-c2nnc(CCCl)s2)c1. The third-order valence-electron chi connectivity index (χ3n) is 2.13. The molecular formula is C11H10ClFN2S. The van der Waals surface area contributed by atoms with Gasteiger partial charge in [0.15, 0.2) is 5.01 Å². The average molecular weight is 257 g/mol. The van der Waals surface area contributed by atoms with E-state index in [9.17, 15) is 4.39 Å². The summed E-state index contributed by atoms with van der Waals surface area (Å²) in [4.78, 5) is 0. The van der Waals surface area contributed by atoms with Crippen LogP contribution in [0.2, 0.25) is 0 Å². The molecule has 5 heteroatoms. The third kappa shape index (κ3) is 2.39. The predicted molar refractivity (Wildman–Crippen MR) is 64.5 cm³/mol. The summed E-state index contributed by atoms with van der Waals surface area (Å²) >= 11 is 7.00. The van der Waals surface area contributed by atoms with E-state index >= 15 is 0 Å². The van der Waals surface area contributed by atoms with Gasteiger partial charge in [-0.05, 0) is 19.1 Å². The molecule has 1 aromatic heterocycles. The maximum absolute atomic E-state index is 13.6. The number of hydrogen-bond acceptors (Lipinski definition) is 3. The van der Waals surface area contributed by atoms with Gasteiger partial charge in [0.1, 0.15) is 10.8 Å². The molecule has 0 radical (unpaired) electrons. The van der Waals surface area contributed by atoms with Gasteiger partial charge in [-0.15, -0.1) is 21.8 Å². The van der Waals surface area contributed by atoms with Crippen LogP contribution in [0, 0.1) is 12.7 Å². The Hall–Kier alpha value is -1.000. The first-order valence-corrected chi connectivity index (χ1v) is 6.20. The molecule has 0 aliphatic heterocycles. The highest BCUT2D eigenvalue weighted by atomic mass is 35.5. The number of alkyl halides is 1. The van der Waals surface area contributed by atoms with E-state index in [0.29, 0.717) is 22.9 Å². The fraction of sp³-hybridized carbons (Fsp3) is 0.273. The summed E-state index contributed by atoms with van der Waals surface area (Å²) in [7, 11) is 0. The molecule has 1 heterocycles. The Morgan fingerprint density at radius 1 is 1.38 bits per heavy atom. The Bertz CT molecular complexity index is 498. The van der Waals surface area contributed by atoms with Gasteiger partial charge >= 0.3 is 0 Å². The van der Waals surface area contributed by atoms with Crippen molar-refractivity contribution in [2.75, 3.05) is 5.88 Å². The Morgan fingerprint density at radius 3 is 2.94 bits per heavy atom. The monoisotopic (exact) mass is 256 g/mol. The third-order valence-corrected chi connectivity index (χ3v) is 3.33. The van der Waals surface area contributed by atoms with Crippen molar-refractivity contribution in [2.24, 2.45) is 0 Å². The van der Waals surface area contributed by atoms with E-state index in [2.05, 4.69) is 10.2 Å². The van der Waals surface area contributed by atoms with Gasteiger partial charge < -0.3 is 0 Å². The Kier molecular flexibility index (Phi) is 3.51. The highest BCUT2D eigenvalue weighted by molar-refractivity contribution is 7.14. The topological polar surface area (TPSA) is 25.8 Å². The van der Waals surface area contributed by atoms with Gasteiger partial charge in [0, 0.05) is 17.9 Å². The van der Waals surface area contributed by atoms with Gasteiger partial charge in [0.2, 0.25) is 0 Å². The van der Waals surface area contributed by atoms with E-state index in [0.717, 1.165) is 10.6 Å². The van der Waals surface area contributed by atoms with Crippen LogP contribution in [-0.4, -0.2) is 16.1 Å². The second-order valence-corrected chi connectivity index (χ2v) is 4.86. The lowest BCUT2D eigenvalue weighted by Crippen LogP contribution is -1.85. The molecule has 0 fully saturated rings. The number of hydrogen-bond donors (Lipinski definition) is 0. The number of nitrogens with zero attached hydrogens (tertiary/aromatic N) is 2. The van der Waals surface area contributed by atoms with Crippen LogP contribution >= 0.6 is 22.9 Å². The van der Waals surface area contributed by atoms with Crippen molar-refractivity contribution in [2.45, 2.75) is 13.3 Å². The van der Waals surface area contributed by atoms with Crippen molar-refractivity contribution >= 4 is 22.9 Å². The molecule has 84 valence electrons. The molecule has 1 aromatic carbocycles. The lowest BCUT2D eigenvalue weighted by Gasteiger charge is -1.99. The van der Waals surface area contributed by atoms with E-state index in [4.69, 9.17) is 11.6 Å². The fourth-order valence-corrected chi connectivity index (χ4v) is 2.50. The molecule has 16 heavy (non-hydrogen) atoms. The minimum absolute atomic E-state index is 0.265. The predicted octanol–water partition coefficient (Wildman–Crippen LogP) is 3.43. The lowest BCUT2D eigenvalue weighted by molar-refractivity contribution is 0.630. The Balaban J connectivity index is 2.38. The first-order chi connectivity index (χ1) is 7.70. The van der Waals surface area contributed by atoms with Gasteiger partial charge in [0.25, 0.3) is 0 Å². The quantitative estimate of drug-likeness (QED) is 0.787. The molecule has 0 atom stereocenters. The second-order valence-electron chi connectivity index (χ2n) is 3.42. The summed E-state index contributed by atoms with van der Waals surface area (Å²) in [6.07, 6.45) is 0.673. The Labute approximate surface area is 102 Å². The zero-order chi connectivity index (χ0) is 11.5. The van der Waals surface area contributed by atoms with Gasteiger partial charge in [-0.2, -0.15) is 0 Å². The van der Waals surface area contributed by atoms with Crippen LogP contribution in [0.4, 0.5) is 4.39 Å². The maximum Gasteiger partial charge on any atom is 0.150 e. The number of aromatic nitrogens is 2. The van der Waals surface area contributed by atoms with Crippen LogP contribution in [0.3, 0.4) is 0 Å². The number of benzene rings is 1. The fourth-order valence-electron chi connectivity index (χ4n) is 1.35. The number of halogens is 2. The van der Waals surface area contributed by atoms with E-state index in [1.165, 1.54) is 17.4 Å². The molecule has 2 rings (SSSR count). The summed E-state index contributed by atoms with van der Waals surface area (Å²) in [6, 6.07) is 4.97. The molecule has 0 aliphatic rings. The van der Waals surface area contributed by atoms with Gasteiger partial charge in [-0.25, -0.2) is 4.39 Å². The van der Waals surface area contributed by atoms with Crippen LogP contribution in [0.5, 0.6) is 0 Å². The Morgan fingerprint density at radius 2 is 2.19 bits per heavy atom. The van der Waals surface area contributed by atoms with Gasteiger partial charge in [0.05, 0.1) is 0 Å². The smallest absolute Gasteiger partial charge is 0.150 e. The highest BCUT2D eigenvalue weighted by Crippen LogP contribution is 2.27. The van der Waals surface area contributed by atoms with Crippen molar-refractivity contribution in [3.05, 3.63) is 34.6 Å². The minimum Gasteiger partial charge on any atom is -0.206 e. The maximum atomic E-state index is 13.6. The van der Waals surface area contributed by atoms with Crippen molar-refractivity contribution in [1.82, 2.24) is 10.2 Å². The molecule has 0 amide bonds. The summed E-state index contributed by atoms with van der Waals surface area (Å²) in [5.41, 5.74) is 1.52. The van der Waals surface area contributed by atoms with Crippen molar-refractivity contribution in [3.8, 4) is 10.6 Å². The largest absolute Gasteiger partial charge is 0.206 e. The normalized spacial score (nSPS) is 10.7. The van der Waals surface area contributed by atoms with Crippen LogP contribution in [0.15, 0.2) is 18.2 Å². The van der Waals surface area contributed by atoms with Crippen molar-refractivity contribution in [1.29, 1.82) is 0 Å². The first-order valence-electron chi connectivity index (χ1n) is 4.85. The average Bonchev–Trinajstić information content (AvgIpc) is 2.71. The molecule has 0 N–H and O–H groups in total. The van der Waals surface area contributed by atoms with E-state index < -0.39 is 0 Å². The van der Waals surface area contributed by atoms with E-state index in [1.807, 2.05) is 6.92 Å². The standard InChI is InChI=1S/C11H10ClFN2S/c1-7-2-3-9(13)8(6-7)11-15-14-10(16-11)4-5-12/h2-3,6H,4-5H2,1H3. The molecule has 0 aliphatic carbocycles. The molecule has 0 unspecified atom stereocenters. The van der Waals surface area contributed by atoms with Crippen molar-refractivity contribution in [3.63, 3.8) is 0 Å². The molecule has 0 bridgehead atoms. The van der Waals surface area contributed by atoms with Crippen molar-refractivity contribution < 1.29 is 4.39 Å². The minimum atomic E-state index is -0.265. The second kappa shape index (κ2) is 4.89. The first kappa shape index (κ1) is 11.5. The molecule has 2 nitrogen and oxygen atoms in total. The van der Waals surface area contributed by atoms with E-state index in [-0.39, 0.29) is 5.82 Å². The van der Waals surface area contributed by atoms with Gasteiger partial charge in [-0.1, -0.05) is 23.0 Å². The van der Waals surface area contributed by atoms with E-state index in [1.54, 1.807) is 12.1 Å². The number of aryl methyl sites for hydroxylation is 2. The van der Waals surface area contributed by atoms with Gasteiger partial charge in [-0.3, -0.25) is 0 Å². The summed E-state index contributed by atoms with van der Waals surface area (Å²) < 4.78 is 13.6. The molecule has 0 saturated carbocycles. The molecule has 0 spiro atoms. The zero-order valence-corrected chi connectivity index (χ0v) is 10.3. The molecule has 0 saturated heterocycles. The summed E-state index contributed by atoms with van der Waals surface area (Å²) in [6.45, 7) is 1.92. The molecular weight excluding hydrogens is 247 g/mol. The molecule has 2 aromatic rings.